The van der Waals surface area contributed by atoms with E-state index in [2.05, 4.69) is 24.0 Å². The minimum atomic E-state index is -0.202. The third-order valence-electron chi connectivity index (χ3n) is 3.22. The number of benzene rings is 1. The molecule has 0 spiro atoms. The third-order valence-corrected chi connectivity index (χ3v) is 4.73. The monoisotopic (exact) mass is 311 g/mol. The number of hydrogen-bond acceptors (Lipinski definition) is 5. The Bertz CT molecular complexity index is 561. The number of aromatic nitrogens is 2. The van der Waals surface area contributed by atoms with E-state index in [1.54, 1.807) is 11.8 Å². The lowest BCUT2D eigenvalue weighted by Crippen LogP contribution is -2.18. The van der Waals surface area contributed by atoms with Crippen LogP contribution in [0, 0.1) is 5.92 Å². The van der Waals surface area contributed by atoms with E-state index in [0.29, 0.717) is 23.4 Å². The molecule has 1 aromatic heterocycles. The van der Waals surface area contributed by atoms with Gasteiger partial charge in [-0.25, -0.2) is 0 Å². The first-order valence-corrected chi connectivity index (χ1v) is 7.93. The smallest absolute Gasteiger partial charge is 0.243 e. The van der Waals surface area contributed by atoms with Gasteiger partial charge in [0.2, 0.25) is 5.89 Å². The number of hydrogen-bond donors (Lipinski definition) is 1. The number of halogens is 1. The van der Waals surface area contributed by atoms with Crippen LogP contribution in [0.3, 0.4) is 0 Å². The zero-order valence-corrected chi connectivity index (χ0v) is 13.1. The van der Waals surface area contributed by atoms with Crippen molar-refractivity contribution in [1.29, 1.82) is 0 Å². The number of rotatable bonds is 6. The van der Waals surface area contributed by atoms with Gasteiger partial charge in [-0.2, -0.15) is 4.98 Å². The Morgan fingerprint density at radius 3 is 2.85 bits per heavy atom. The number of nitrogens with two attached hydrogens (primary N) is 1. The predicted molar refractivity (Wildman–Crippen MR) is 81.7 cm³/mol. The molecule has 0 amide bonds. The van der Waals surface area contributed by atoms with E-state index < -0.39 is 0 Å². The van der Waals surface area contributed by atoms with Crippen LogP contribution < -0.4 is 5.73 Å². The molecule has 108 valence electrons. The molecule has 20 heavy (non-hydrogen) atoms. The molecule has 6 heteroatoms. The Balaban J connectivity index is 1.98. The summed E-state index contributed by atoms with van der Waals surface area (Å²) in [5.74, 6) is 2.08. The van der Waals surface area contributed by atoms with Crippen LogP contribution in [0.1, 0.15) is 38.0 Å². The highest BCUT2D eigenvalue weighted by molar-refractivity contribution is 7.98. The molecule has 0 aliphatic carbocycles. The van der Waals surface area contributed by atoms with Gasteiger partial charge in [-0.3, -0.25) is 0 Å². The second kappa shape index (κ2) is 7.11. The SMILES string of the molecule is CCC(C)C(N)c1nc(CSc2ccccc2Cl)no1. The van der Waals surface area contributed by atoms with E-state index in [4.69, 9.17) is 21.9 Å². The molecule has 0 radical (unpaired) electrons. The molecule has 2 N–H and O–H groups in total. The summed E-state index contributed by atoms with van der Waals surface area (Å²) in [6.07, 6.45) is 0.979. The summed E-state index contributed by atoms with van der Waals surface area (Å²) in [5.41, 5.74) is 6.07. The number of nitrogens with zero attached hydrogens (tertiary/aromatic N) is 2. The first kappa shape index (κ1) is 15.4. The summed E-state index contributed by atoms with van der Waals surface area (Å²) in [6.45, 7) is 4.17. The standard InChI is InChI=1S/C14H18ClN3OS/c1-3-9(2)13(16)14-17-12(18-19-14)8-20-11-7-5-4-6-10(11)15/h4-7,9,13H,3,8,16H2,1-2H3. The van der Waals surface area contributed by atoms with E-state index in [9.17, 15) is 0 Å². The van der Waals surface area contributed by atoms with Gasteiger partial charge in [0.25, 0.3) is 0 Å². The fourth-order valence-electron chi connectivity index (χ4n) is 1.66. The van der Waals surface area contributed by atoms with Gasteiger partial charge in [-0.15, -0.1) is 11.8 Å². The first-order valence-electron chi connectivity index (χ1n) is 6.57. The highest BCUT2D eigenvalue weighted by Crippen LogP contribution is 2.29. The minimum absolute atomic E-state index is 0.202. The van der Waals surface area contributed by atoms with Crippen molar-refractivity contribution in [2.45, 2.75) is 37.0 Å². The molecule has 0 fully saturated rings. The summed E-state index contributed by atoms with van der Waals surface area (Å²) in [7, 11) is 0. The Hall–Kier alpha value is -1.04. The highest BCUT2D eigenvalue weighted by atomic mass is 35.5. The van der Waals surface area contributed by atoms with E-state index in [0.717, 1.165) is 16.3 Å². The summed E-state index contributed by atoms with van der Waals surface area (Å²) >= 11 is 7.68. The maximum atomic E-state index is 6.10. The van der Waals surface area contributed by atoms with Gasteiger partial charge in [-0.05, 0) is 18.1 Å². The molecule has 0 saturated heterocycles. The predicted octanol–water partition coefficient (Wildman–Crippen LogP) is 4.06. The lowest BCUT2D eigenvalue weighted by Gasteiger charge is -2.12. The summed E-state index contributed by atoms with van der Waals surface area (Å²) < 4.78 is 5.24. The van der Waals surface area contributed by atoms with Gasteiger partial charge >= 0.3 is 0 Å². The largest absolute Gasteiger partial charge is 0.338 e. The van der Waals surface area contributed by atoms with Crippen molar-refractivity contribution in [3.8, 4) is 0 Å². The van der Waals surface area contributed by atoms with Crippen LogP contribution in [0.25, 0.3) is 0 Å². The van der Waals surface area contributed by atoms with Crippen molar-refractivity contribution < 1.29 is 4.52 Å². The van der Waals surface area contributed by atoms with Crippen LogP contribution in [-0.4, -0.2) is 10.1 Å². The Morgan fingerprint density at radius 1 is 1.40 bits per heavy atom. The summed E-state index contributed by atoms with van der Waals surface area (Å²) in [4.78, 5) is 5.36. The fraction of sp³-hybridized carbons (Fsp3) is 0.429. The van der Waals surface area contributed by atoms with Gasteiger partial charge in [0.15, 0.2) is 5.82 Å². The van der Waals surface area contributed by atoms with E-state index in [1.165, 1.54) is 0 Å². The molecule has 1 heterocycles. The van der Waals surface area contributed by atoms with E-state index >= 15 is 0 Å². The van der Waals surface area contributed by atoms with Gasteiger partial charge in [0.1, 0.15) is 0 Å². The normalized spacial score (nSPS) is 14.2. The fourth-order valence-corrected chi connectivity index (χ4v) is 2.74. The third kappa shape index (κ3) is 3.75. The second-order valence-electron chi connectivity index (χ2n) is 4.68. The van der Waals surface area contributed by atoms with Crippen molar-refractivity contribution >= 4 is 23.4 Å². The van der Waals surface area contributed by atoms with Crippen LogP contribution in [0.4, 0.5) is 0 Å². The maximum Gasteiger partial charge on any atom is 0.243 e. The maximum absolute atomic E-state index is 6.10. The zero-order valence-electron chi connectivity index (χ0n) is 11.5. The lowest BCUT2D eigenvalue weighted by atomic mass is 10.0. The second-order valence-corrected chi connectivity index (χ2v) is 6.10. The topological polar surface area (TPSA) is 64.9 Å². The molecule has 2 unspecified atom stereocenters. The van der Waals surface area contributed by atoms with Gasteiger partial charge in [0.05, 0.1) is 16.8 Å². The van der Waals surface area contributed by atoms with Crippen LogP contribution in [0.2, 0.25) is 5.02 Å². The average Bonchev–Trinajstić information content (AvgIpc) is 2.93. The molecule has 1 aromatic carbocycles. The van der Waals surface area contributed by atoms with Crippen molar-refractivity contribution in [2.75, 3.05) is 0 Å². The molecule has 4 nitrogen and oxygen atoms in total. The van der Waals surface area contributed by atoms with Crippen molar-refractivity contribution in [1.82, 2.24) is 10.1 Å². The lowest BCUT2D eigenvalue weighted by molar-refractivity contribution is 0.311. The molecular weight excluding hydrogens is 294 g/mol. The van der Waals surface area contributed by atoms with Crippen LogP contribution in [0.15, 0.2) is 33.7 Å². The van der Waals surface area contributed by atoms with E-state index in [1.807, 2.05) is 24.3 Å². The zero-order chi connectivity index (χ0) is 14.5. The van der Waals surface area contributed by atoms with Crippen LogP contribution in [-0.2, 0) is 5.75 Å². The summed E-state index contributed by atoms with van der Waals surface area (Å²) in [6, 6.07) is 7.49. The molecule has 0 aliphatic heterocycles. The van der Waals surface area contributed by atoms with Crippen molar-refractivity contribution in [2.24, 2.45) is 11.7 Å². The Morgan fingerprint density at radius 2 is 2.15 bits per heavy atom. The highest BCUT2D eigenvalue weighted by Gasteiger charge is 2.20. The Labute approximate surface area is 128 Å². The van der Waals surface area contributed by atoms with Crippen molar-refractivity contribution in [3.63, 3.8) is 0 Å². The molecule has 2 rings (SSSR count). The molecule has 0 bridgehead atoms. The Kier molecular flexibility index (Phi) is 5.46. The summed E-state index contributed by atoms with van der Waals surface area (Å²) in [5, 5.41) is 4.70. The minimum Gasteiger partial charge on any atom is -0.338 e. The first-order chi connectivity index (χ1) is 9.61. The van der Waals surface area contributed by atoms with Gasteiger partial charge in [-0.1, -0.05) is 49.2 Å². The molecule has 0 aliphatic rings. The van der Waals surface area contributed by atoms with Crippen LogP contribution in [0.5, 0.6) is 0 Å². The number of thioether (sulfide) groups is 1. The molecule has 2 aromatic rings. The van der Waals surface area contributed by atoms with Gasteiger partial charge in [0, 0.05) is 4.90 Å². The molecule has 0 saturated carbocycles. The molecular formula is C14H18ClN3OS. The van der Waals surface area contributed by atoms with Crippen LogP contribution >= 0.6 is 23.4 Å². The van der Waals surface area contributed by atoms with E-state index in [-0.39, 0.29) is 6.04 Å². The van der Waals surface area contributed by atoms with Crippen molar-refractivity contribution in [3.05, 3.63) is 41.0 Å². The average molecular weight is 312 g/mol. The quantitative estimate of drug-likeness (QED) is 0.815. The molecule has 2 atom stereocenters. The van der Waals surface area contributed by atoms with Gasteiger partial charge < -0.3 is 10.3 Å².